The second-order valence-corrected chi connectivity index (χ2v) is 4.21. The van der Waals surface area contributed by atoms with Gasteiger partial charge >= 0.3 is 6.18 Å². The molecule has 0 unspecified atom stereocenters. The highest BCUT2D eigenvalue weighted by Crippen LogP contribution is 2.36. The van der Waals surface area contributed by atoms with Crippen molar-refractivity contribution >= 4 is 5.95 Å². The molecule has 21 heavy (non-hydrogen) atoms. The maximum absolute atomic E-state index is 12.9. The third-order valence-electron chi connectivity index (χ3n) is 2.73. The molecule has 0 amide bonds. The molecule has 112 valence electrons. The van der Waals surface area contributed by atoms with E-state index in [0.717, 1.165) is 6.07 Å². The summed E-state index contributed by atoms with van der Waals surface area (Å²) in [5, 5.41) is 0. The SMILES string of the molecule is CC[C@@H](Oc1ncccc1C(F)(F)F)c1ccnc(N)n1. The van der Waals surface area contributed by atoms with Gasteiger partial charge < -0.3 is 10.5 Å². The van der Waals surface area contributed by atoms with Gasteiger partial charge in [-0.05, 0) is 24.6 Å². The van der Waals surface area contributed by atoms with Crippen LogP contribution < -0.4 is 10.5 Å². The molecule has 2 aromatic heterocycles. The molecule has 1 atom stereocenters. The molecule has 0 aromatic carbocycles. The van der Waals surface area contributed by atoms with Gasteiger partial charge in [-0.1, -0.05) is 6.92 Å². The van der Waals surface area contributed by atoms with E-state index in [0.29, 0.717) is 12.1 Å². The van der Waals surface area contributed by atoms with E-state index >= 15 is 0 Å². The van der Waals surface area contributed by atoms with Crippen LogP contribution >= 0.6 is 0 Å². The normalized spacial score (nSPS) is 13.0. The lowest BCUT2D eigenvalue weighted by molar-refractivity contribution is -0.139. The average molecular weight is 298 g/mol. The lowest BCUT2D eigenvalue weighted by Crippen LogP contribution is -2.15. The summed E-state index contributed by atoms with van der Waals surface area (Å²) >= 11 is 0. The topological polar surface area (TPSA) is 73.9 Å². The van der Waals surface area contributed by atoms with Gasteiger partial charge in [-0.3, -0.25) is 0 Å². The van der Waals surface area contributed by atoms with Gasteiger partial charge in [0.25, 0.3) is 0 Å². The van der Waals surface area contributed by atoms with Crippen molar-refractivity contribution in [1.82, 2.24) is 15.0 Å². The van der Waals surface area contributed by atoms with E-state index in [9.17, 15) is 13.2 Å². The van der Waals surface area contributed by atoms with Gasteiger partial charge in [-0.2, -0.15) is 13.2 Å². The number of nitrogens with two attached hydrogens (primary N) is 1. The van der Waals surface area contributed by atoms with Crippen molar-refractivity contribution in [1.29, 1.82) is 0 Å². The van der Waals surface area contributed by atoms with Gasteiger partial charge in [0.1, 0.15) is 11.7 Å². The van der Waals surface area contributed by atoms with E-state index in [1.54, 1.807) is 13.0 Å². The molecule has 0 aliphatic heterocycles. The molecule has 0 fully saturated rings. The molecule has 0 aliphatic rings. The fourth-order valence-electron chi connectivity index (χ4n) is 1.76. The quantitative estimate of drug-likeness (QED) is 0.939. The standard InChI is InChI=1S/C13H13F3N4O/c1-2-10(9-5-7-19-12(17)20-9)21-11-8(13(14,15)16)4-3-6-18-11/h3-7,10H,2H2,1H3,(H2,17,19,20)/t10-/m1/s1. The number of nitrogens with zero attached hydrogens (tertiary/aromatic N) is 3. The Labute approximate surface area is 119 Å². The van der Waals surface area contributed by atoms with Gasteiger partial charge in [0.05, 0.1) is 5.69 Å². The number of rotatable bonds is 4. The number of aromatic nitrogens is 3. The molecule has 0 radical (unpaired) electrons. The third kappa shape index (κ3) is 3.59. The highest BCUT2D eigenvalue weighted by Gasteiger charge is 2.35. The lowest BCUT2D eigenvalue weighted by Gasteiger charge is -2.19. The average Bonchev–Trinajstić information content (AvgIpc) is 2.44. The van der Waals surface area contributed by atoms with Crippen LogP contribution in [0.2, 0.25) is 0 Å². The lowest BCUT2D eigenvalue weighted by atomic mass is 10.2. The predicted octanol–water partition coefficient (Wildman–Crippen LogP) is 3.00. The number of halogens is 3. The van der Waals surface area contributed by atoms with Crippen LogP contribution in [0.4, 0.5) is 19.1 Å². The molecule has 2 aromatic rings. The second-order valence-electron chi connectivity index (χ2n) is 4.21. The fraction of sp³-hybridized carbons (Fsp3) is 0.308. The zero-order chi connectivity index (χ0) is 15.5. The van der Waals surface area contributed by atoms with Crippen LogP contribution in [-0.2, 0) is 6.18 Å². The summed E-state index contributed by atoms with van der Waals surface area (Å²) in [7, 11) is 0. The summed E-state index contributed by atoms with van der Waals surface area (Å²) in [5.74, 6) is -0.444. The van der Waals surface area contributed by atoms with E-state index in [2.05, 4.69) is 15.0 Å². The van der Waals surface area contributed by atoms with Crippen LogP contribution in [0, 0.1) is 0 Å². The molecule has 5 nitrogen and oxygen atoms in total. The molecule has 8 heteroatoms. The number of anilines is 1. The second kappa shape index (κ2) is 5.94. The van der Waals surface area contributed by atoms with Gasteiger partial charge in [0, 0.05) is 12.4 Å². The van der Waals surface area contributed by atoms with E-state index in [1.807, 2.05) is 0 Å². The monoisotopic (exact) mass is 298 g/mol. The Morgan fingerprint density at radius 1 is 1.24 bits per heavy atom. The van der Waals surface area contributed by atoms with E-state index < -0.39 is 23.7 Å². The Balaban J connectivity index is 2.32. The minimum absolute atomic E-state index is 0.0339. The Morgan fingerprint density at radius 2 is 2.00 bits per heavy atom. The minimum atomic E-state index is -4.54. The summed E-state index contributed by atoms with van der Waals surface area (Å²) in [6.07, 6.45) is -2.15. The van der Waals surface area contributed by atoms with Crippen LogP contribution in [0.1, 0.15) is 30.7 Å². The predicted molar refractivity (Wildman–Crippen MR) is 69.3 cm³/mol. The van der Waals surface area contributed by atoms with E-state index in [4.69, 9.17) is 10.5 Å². The van der Waals surface area contributed by atoms with Crippen molar-refractivity contribution in [3.8, 4) is 5.88 Å². The first kappa shape index (κ1) is 15.0. The smallest absolute Gasteiger partial charge is 0.421 e. The largest absolute Gasteiger partial charge is 0.467 e. The summed E-state index contributed by atoms with van der Waals surface area (Å²) in [6, 6.07) is 3.67. The van der Waals surface area contributed by atoms with Crippen molar-refractivity contribution in [2.24, 2.45) is 0 Å². The maximum Gasteiger partial charge on any atom is 0.421 e. The number of alkyl halides is 3. The Bertz CT molecular complexity index is 618. The van der Waals surface area contributed by atoms with Crippen LogP contribution in [0.5, 0.6) is 5.88 Å². The number of nitrogen functional groups attached to an aromatic ring is 1. The summed E-state index contributed by atoms with van der Waals surface area (Å²) in [4.78, 5) is 11.4. The first-order valence-corrected chi connectivity index (χ1v) is 6.19. The molecular weight excluding hydrogens is 285 g/mol. The molecule has 2 rings (SSSR count). The number of ether oxygens (including phenoxy) is 1. The van der Waals surface area contributed by atoms with Gasteiger partial charge in [0.2, 0.25) is 11.8 Å². The van der Waals surface area contributed by atoms with Crippen molar-refractivity contribution in [3.63, 3.8) is 0 Å². The van der Waals surface area contributed by atoms with Gasteiger partial charge in [-0.25, -0.2) is 15.0 Å². The zero-order valence-corrected chi connectivity index (χ0v) is 11.1. The van der Waals surface area contributed by atoms with Gasteiger partial charge in [-0.15, -0.1) is 0 Å². The highest BCUT2D eigenvalue weighted by atomic mass is 19.4. The number of hydrogen-bond donors (Lipinski definition) is 1. The number of hydrogen-bond acceptors (Lipinski definition) is 5. The minimum Gasteiger partial charge on any atom is -0.467 e. The first-order valence-electron chi connectivity index (χ1n) is 6.19. The molecule has 0 saturated carbocycles. The maximum atomic E-state index is 12.9. The van der Waals surface area contributed by atoms with Crippen molar-refractivity contribution in [3.05, 3.63) is 41.9 Å². The van der Waals surface area contributed by atoms with Crippen LogP contribution in [0.25, 0.3) is 0 Å². The highest BCUT2D eigenvalue weighted by molar-refractivity contribution is 5.29. The van der Waals surface area contributed by atoms with Crippen LogP contribution in [0.3, 0.4) is 0 Å². The Morgan fingerprint density at radius 3 is 2.62 bits per heavy atom. The molecular formula is C13H13F3N4O. The van der Waals surface area contributed by atoms with Crippen LogP contribution in [-0.4, -0.2) is 15.0 Å². The molecule has 0 spiro atoms. The third-order valence-corrected chi connectivity index (χ3v) is 2.73. The van der Waals surface area contributed by atoms with E-state index in [1.165, 1.54) is 18.5 Å². The summed E-state index contributed by atoms with van der Waals surface area (Å²) < 4.78 is 44.1. The zero-order valence-electron chi connectivity index (χ0n) is 11.1. The summed E-state index contributed by atoms with van der Waals surface area (Å²) in [5.41, 5.74) is 4.95. The molecule has 0 bridgehead atoms. The molecule has 2 heterocycles. The fourth-order valence-corrected chi connectivity index (χ4v) is 1.76. The van der Waals surface area contributed by atoms with E-state index in [-0.39, 0.29) is 5.95 Å². The Hall–Kier alpha value is -2.38. The van der Waals surface area contributed by atoms with Crippen molar-refractivity contribution in [2.45, 2.75) is 25.6 Å². The number of pyridine rings is 1. The Kier molecular flexibility index (Phi) is 4.25. The molecule has 2 N–H and O–H groups in total. The molecule has 0 aliphatic carbocycles. The first-order chi connectivity index (χ1) is 9.91. The molecule has 0 saturated heterocycles. The summed E-state index contributed by atoms with van der Waals surface area (Å²) in [6.45, 7) is 1.76. The van der Waals surface area contributed by atoms with Crippen LogP contribution in [0.15, 0.2) is 30.6 Å². The van der Waals surface area contributed by atoms with Gasteiger partial charge in [0.15, 0.2) is 0 Å². The van der Waals surface area contributed by atoms with Crippen molar-refractivity contribution in [2.75, 3.05) is 5.73 Å². The van der Waals surface area contributed by atoms with Crippen molar-refractivity contribution < 1.29 is 17.9 Å².